The van der Waals surface area contributed by atoms with Gasteiger partial charge >= 0.3 is 0 Å². The molecule has 4 nitrogen and oxygen atoms in total. The Balaban J connectivity index is 1.53. The predicted octanol–water partition coefficient (Wildman–Crippen LogP) is 2.81. The van der Waals surface area contributed by atoms with Gasteiger partial charge in [0.2, 0.25) is 0 Å². The Morgan fingerprint density at radius 3 is 2.83 bits per heavy atom. The number of nitrogens with zero attached hydrogens (tertiary/aromatic N) is 2. The summed E-state index contributed by atoms with van der Waals surface area (Å²) in [6, 6.07) is 19.2. The molecule has 1 heterocycles. The Bertz CT molecular complexity index is 721. The summed E-state index contributed by atoms with van der Waals surface area (Å²) >= 11 is 0. The van der Waals surface area contributed by atoms with Gasteiger partial charge in [0, 0.05) is 30.9 Å². The van der Waals surface area contributed by atoms with Crippen LogP contribution in [0.4, 0.5) is 5.69 Å². The van der Waals surface area contributed by atoms with Gasteiger partial charge in [-0.3, -0.25) is 4.79 Å². The summed E-state index contributed by atoms with van der Waals surface area (Å²) in [6.07, 6.45) is 1.08. The van der Waals surface area contributed by atoms with Gasteiger partial charge in [0.15, 0.2) is 0 Å². The molecular formula is C19H19N3O. The molecule has 23 heavy (non-hydrogen) atoms. The van der Waals surface area contributed by atoms with E-state index in [1.165, 1.54) is 5.69 Å². The molecule has 0 spiro atoms. The number of nitrogens with one attached hydrogen (secondary N) is 1. The van der Waals surface area contributed by atoms with Crippen molar-refractivity contribution in [1.29, 1.82) is 5.26 Å². The van der Waals surface area contributed by atoms with Crippen LogP contribution in [-0.2, 0) is 0 Å². The quantitative estimate of drug-likeness (QED) is 0.945. The molecule has 0 unspecified atom stereocenters. The average molecular weight is 305 g/mol. The molecule has 116 valence electrons. The minimum atomic E-state index is -0.111. The lowest BCUT2D eigenvalue weighted by Crippen LogP contribution is -2.31. The van der Waals surface area contributed by atoms with Crippen LogP contribution in [0, 0.1) is 17.2 Å². The van der Waals surface area contributed by atoms with E-state index in [2.05, 4.69) is 28.4 Å². The van der Waals surface area contributed by atoms with E-state index >= 15 is 0 Å². The number of rotatable bonds is 4. The predicted molar refractivity (Wildman–Crippen MR) is 90.3 cm³/mol. The maximum atomic E-state index is 12.2. The van der Waals surface area contributed by atoms with Crippen LogP contribution in [0.25, 0.3) is 0 Å². The largest absolute Gasteiger partial charge is 0.371 e. The topological polar surface area (TPSA) is 56.1 Å². The molecule has 0 saturated carbocycles. The first-order valence-electron chi connectivity index (χ1n) is 7.84. The second-order valence-corrected chi connectivity index (χ2v) is 5.84. The van der Waals surface area contributed by atoms with Crippen LogP contribution in [0.1, 0.15) is 22.3 Å². The van der Waals surface area contributed by atoms with E-state index in [0.29, 0.717) is 23.6 Å². The Labute approximate surface area is 136 Å². The Morgan fingerprint density at radius 2 is 2.04 bits per heavy atom. The number of benzene rings is 2. The molecule has 1 aliphatic rings. The normalized spacial score (nSPS) is 16.8. The van der Waals surface area contributed by atoms with Crippen LogP contribution in [-0.4, -0.2) is 25.5 Å². The van der Waals surface area contributed by atoms with Gasteiger partial charge in [0.1, 0.15) is 0 Å². The highest BCUT2D eigenvalue weighted by Gasteiger charge is 2.23. The van der Waals surface area contributed by atoms with E-state index in [1.54, 1.807) is 24.3 Å². The van der Waals surface area contributed by atoms with Crippen molar-refractivity contribution in [2.45, 2.75) is 6.42 Å². The number of carbonyl (C=O) groups is 1. The highest BCUT2D eigenvalue weighted by Crippen LogP contribution is 2.23. The number of amides is 1. The monoisotopic (exact) mass is 305 g/mol. The molecular weight excluding hydrogens is 286 g/mol. The third kappa shape index (κ3) is 3.70. The maximum Gasteiger partial charge on any atom is 0.251 e. The minimum Gasteiger partial charge on any atom is -0.371 e. The zero-order chi connectivity index (χ0) is 16.1. The highest BCUT2D eigenvalue weighted by atomic mass is 16.1. The van der Waals surface area contributed by atoms with Gasteiger partial charge in [-0.25, -0.2) is 0 Å². The minimum absolute atomic E-state index is 0.111. The fraction of sp³-hybridized carbons (Fsp3) is 0.263. The smallest absolute Gasteiger partial charge is 0.251 e. The number of anilines is 1. The Morgan fingerprint density at radius 1 is 1.22 bits per heavy atom. The summed E-state index contributed by atoms with van der Waals surface area (Å²) in [5.74, 6) is 0.346. The van der Waals surface area contributed by atoms with Crippen LogP contribution in [0.5, 0.6) is 0 Å². The molecule has 1 N–H and O–H groups in total. The summed E-state index contributed by atoms with van der Waals surface area (Å²) in [5, 5.41) is 11.9. The first-order chi connectivity index (χ1) is 11.3. The van der Waals surface area contributed by atoms with Crippen LogP contribution in [0.2, 0.25) is 0 Å². The standard InChI is InChI=1S/C19H19N3O/c20-12-15-5-4-6-17(11-15)19(23)21-13-16-9-10-22(14-16)18-7-2-1-3-8-18/h1-8,11,16H,9-10,13-14H2,(H,21,23)/t16-/m0/s1. The highest BCUT2D eigenvalue weighted by molar-refractivity contribution is 5.94. The summed E-state index contributed by atoms with van der Waals surface area (Å²) in [7, 11) is 0. The van der Waals surface area contributed by atoms with E-state index in [4.69, 9.17) is 5.26 Å². The first kappa shape index (κ1) is 15.1. The zero-order valence-corrected chi connectivity index (χ0v) is 12.9. The van der Waals surface area contributed by atoms with E-state index in [0.717, 1.165) is 19.5 Å². The molecule has 0 aliphatic carbocycles. The Kier molecular flexibility index (Phi) is 4.58. The van der Waals surface area contributed by atoms with Crippen molar-refractivity contribution in [2.24, 2.45) is 5.92 Å². The van der Waals surface area contributed by atoms with E-state index in [9.17, 15) is 4.79 Å². The van der Waals surface area contributed by atoms with E-state index in [1.807, 2.05) is 18.2 Å². The van der Waals surface area contributed by atoms with Crippen molar-refractivity contribution in [1.82, 2.24) is 5.32 Å². The van der Waals surface area contributed by atoms with Crippen molar-refractivity contribution in [3.8, 4) is 6.07 Å². The van der Waals surface area contributed by atoms with Gasteiger partial charge in [0.05, 0.1) is 11.6 Å². The fourth-order valence-corrected chi connectivity index (χ4v) is 2.94. The summed E-state index contributed by atoms with van der Waals surface area (Å²) < 4.78 is 0. The summed E-state index contributed by atoms with van der Waals surface area (Å²) in [5.41, 5.74) is 2.29. The van der Waals surface area contributed by atoms with E-state index < -0.39 is 0 Å². The number of hydrogen-bond acceptors (Lipinski definition) is 3. The zero-order valence-electron chi connectivity index (χ0n) is 12.9. The van der Waals surface area contributed by atoms with E-state index in [-0.39, 0.29) is 5.91 Å². The van der Waals surface area contributed by atoms with Crippen molar-refractivity contribution in [3.05, 3.63) is 65.7 Å². The van der Waals surface area contributed by atoms with Crippen molar-refractivity contribution >= 4 is 11.6 Å². The average Bonchev–Trinajstić information content (AvgIpc) is 3.09. The summed E-state index contributed by atoms with van der Waals surface area (Å²) in [4.78, 5) is 14.5. The molecule has 1 saturated heterocycles. The van der Waals surface area contributed by atoms with Gasteiger partial charge in [-0.15, -0.1) is 0 Å². The van der Waals surface area contributed by atoms with Crippen LogP contribution in [0.15, 0.2) is 54.6 Å². The molecule has 2 aromatic carbocycles. The lowest BCUT2D eigenvalue weighted by Gasteiger charge is -2.18. The first-order valence-corrected chi connectivity index (χ1v) is 7.84. The third-order valence-electron chi connectivity index (χ3n) is 4.21. The SMILES string of the molecule is N#Cc1cccc(C(=O)NC[C@@H]2CCN(c3ccccc3)C2)c1. The van der Waals surface area contributed by atoms with Crippen LogP contribution in [0.3, 0.4) is 0 Å². The number of carbonyl (C=O) groups excluding carboxylic acids is 1. The molecule has 3 rings (SSSR count). The maximum absolute atomic E-state index is 12.2. The Hall–Kier alpha value is -2.80. The van der Waals surface area contributed by atoms with Crippen molar-refractivity contribution in [2.75, 3.05) is 24.5 Å². The second kappa shape index (κ2) is 6.97. The molecule has 1 atom stereocenters. The number of nitriles is 1. The van der Waals surface area contributed by atoms with Gasteiger partial charge in [-0.2, -0.15) is 5.26 Å². The molecule has 1 aliphatic heterocycles. The van der Waals surface area contributed by atoms with Gasteiger partial charge in [-0.1, -0.05) is 24.3 Å². The van der Waals surface area contributed by atoms with Gasteiger partial charge in [-0.05, 0) is 42.7 Å². The van der Waals surface area contributed by atoms with Crippen molar-refractivity contribution < 1.29 is 4.79 Å². The van der Waals surface area contributed by atoms with Gasteiger partial charge in [0.25, 0.3) is 5.91 Å². The molecule has 0 bridgehead atoms. The lowest BCUT2D eigenvalue weighted by molar-refractivity contribution is 0.0948. The van der Waals surface area contributed by atoms with Crippen LogP contribution < -0.4 is 10.2 Å². The second-order valence-electron chi connectivity index (χ2n) is 5.84. The fourth-order valence-electron chi connectivity index (χ4n) is 2.94. The molecule has 4 heteroatoms. The van der Waals surface area contributed by atoms with Crippen molar-refractivity contribution in [3.63, 3.8) is 0 Å². The molecule has 0 aromatic heterocycles. The summed E-state index contributed by atoms with van der Waals surface area (Å²) in [6.45, 7) is 2.65. The third-order valence-corrected chi connectivity index (χ3v) is 4.21. The number of hydrogen-bond donors (Lipinski definition) is 1. The van der Waals surface area contributed by atoms with Crippen LogP contribution >= 0.6 is 0 Å². The lowest BCUT2D eigenvalue weighted by atomic mass is 10.1. The van der Waals surface area contributed by atoms with Gasteiger partial charge < -0.3 is 10.2 Å². The molecule has 0 radical (unpaired) electrons. The molecule has 2 aromatic rings. The number of para-hydroxylation sites is 1. The molecule has 1 fully saturated rings. The molecule has 1 amide bonds.